The number of Topliss-reactive ketones (excluding diaryl/α,β-unsaturated/α-hetero) is 1. The van der Waals surface area contributed by atoms with Crippen molar-refractivity contribution in [2.45, 2.75) is 11.9 Å². The van der Waals surface area contributed by atoms with Gasteiger partial charge in [0, 0.05) is 0 Å². The molecule has 0 unspecified atom stereocenters. The highest BCUT2D eigenvalue weighted by Gasteiger charge is 2.23. The molecule has 2 heterocycles. The van der Waals surface area contributed by atoms with Gasteiger partial charge in [-0.2, -0.15) is 0 Å². The van der Waals surface area contributed by atoms with Crippen LogP contribution in [0.5, 0.6) is 11.5 Å². The monoisotopic (exact) mass is 428 g/mol. The largest absolute Gasteiger partial charge is 0.497 e. The minimum atomic E-state index is -0.682. The van der Waals surface area contributed by atoms with E-state index in [9.17, 15) is 9.59 Å². The number of ether oxygens (including phenoxy) is 3. The molecule has 0 spiro atoms. The van der Waals surface area contributed by atoms with E-state index in [-0.39, 0.29) is 11.1 Å². The van der Waals surface area contributed by atoms with E-state index in [4.69, 9.17) is 18.6 Å². The third-order valence-electron chi connectivity index (χ3n) is 4.24. The molecule has 0 aliphatic heterocycles. The Balaban J connectivity index is 1.80. The lowest BCUT2D eigenvalue weighted by Crippen LogP contribution is -2.17. The van der Waals surface area contributed by atoms with Crippen LogP contribution in [0.2, 0.25) is 0 Å². The van der Waals surface area contributed by atoms with Crippen LogP contribution in [0.3, 0.4) is 0 Å². The van der Waals surface area contributed by atoms with Crippen LogP contribution in [0.1, 0.15) is 26.4 Å². The van der Waals surface area contributed by atoms with Gasteiger partial charge in [0.1, 0.15) is 22.1 Å². The summed E-state index contributed by atoms with van der Waals surface area (Å²) in [6, 6.07) is 8.29. The van der Waals surface area contributed by atoms with Crippen molar-refractivity contribution in [3.05, 3.63) is 53.4 Å². The zero-order valence-corrected chi connectivity index (χ0v) is 17.7. The van der Waals surface area contributed by atoms with Crippen LogP contribution in [-0.2, 0) is 4.74 Å². The summed E-state index contributed by atoms with van der Waals surface area (Å²) in [6.07, 6.45) is 3.31. The molecule has 156 valence electrons. The molecule has 0 aliphatic carbocycles. The normalized spacial score (nSPS) is 10.5. The first-order valence-corrected chi connectivity index (χ1v) is 10.1. The van der Waals surface area contributed by atoms with Crippen molar-refractivity contribution in [1.82, 2.24) is 9.97 Å². The Hall–Kier alpha value is -3.33. The van der Waals surface area contributed by atoms with Gasteiger partial charge in [-0.1, -0.05) is 0 Å². The molecule has 0 saturated heterocycles. The Morgan fingerprint density at radius 3 is 2.57 bits per heavy atom. The number of furan rings is 1. The number of carbonyl (C=O) groups excluding carboxylic acids is 2. The van der Waals surface area contributed by atoms with Crippen molar-refractivity contribution >= 4 is 23.5 Å². The average Bonchev–Trinajstić information content (AvgIpc) is 3.31. The second-order valence-electron chi connectivity index (χ2n) is 6.06. The summed E-state index contributed by atoms with van der Waals surface area (Å²) in [7, 11) is 2.95. The maximum absolute atomic E-state index is 12.7. The van der Waals surface area contributed by atoms with Crippen LogP contribution in [-0.4, -0.2) is 48.8 Å². The van der Waals surface area contributed by atoms with Gasteiger partial charge < -0.3 is 18.6 Å². The molecule has 1 aromatic carbocycles. The van der Waals surface area contributed by atoms with Crippen molar-refractivity contribution in [2.75, 3.05) is 27.1 Å². The second kappa shape index (κ2) is 9.45. The number of thioether (sulfide) groups is 1. The molecule has 30 heavy (non-hydrogen) atoms. The molecule has 0 fully saturated rings. The summed E-state index contributed by atoms with van der Waals surface area (Å²) in [5.74, 6) is 0.620. The molecule has 2 aromatic heterocycles. The van der Waals surface area contributed by atoms with Gasteiger partial charge in [0.05, 0.1) is 31.7 Å². The quantitative estimate of drug-likeness (QED) is 0.229. The molecule has 0 atom stereocenters. The highest BCUT2D eigenvalue weighted by Crippen LogP contribution is 2.27. The zero-order chi connectivity index (χ0) is 21.7. The van der Waals surface area contributed by atoms with Gasteiger partial charge in [-0.15, -0.1) is 11.8 Å². The Labute approximate surface area is 177 Å². The van der Waals surface area contributed by atoms with E-state index >= 15 is 0 Å². The molecule has 0 bridgehead atoms. The summed E-state index contributed by atoms with van der Waals surface area (Å²) >= 11 is 1.28. The van der Waals surface area contributed by atoms with Crippen LogP contribution < -0.4 is 9.47 Å². The highest BCUT2D eigenvalue weighted by atomic mass is 32.2. The van der Waals surface area contributed by atoms with E-state index in [1.807, 2.05) is 0 Å². The molecular formula is C21H20N2O6S. The van der Waals surface area contributed by atoms with Gasteiger partial charge in [-0.25, -0.2) is 14.8 Å². The number of rotatable bonds is 8. The number of esters is 1. The first kappa shape index (κ1) is 21.4. The van der Waals surface area contributed by atoms with Gasteiger partial charge in [0.2, 0.25) is 5.78 Å². The number of aromatic nitrogens is 2. The Kier molecular flexibility index (Phi) is 6.73. The van der Waals surface area contributed by atoms with Crippen molar-refractivity contribution < 1.29 is 28.2 Å². The lowest BCUT2D eigenvalue weighted by atomic mass is 10.1. The lowest BCUT2D eigenvalue weighted by molar-refractivity contribution is 0.0468. The van der Waals surface area contributed by atoms with Crippen molar-refractivity contribution in [3.63, 3.8) is 0 Å². The summed E-state index contributed by atoms with van der Waals surface area (Å²) in [5.41, 5.74) is 0.899. The summed E-state index contributed by atoms with van der Waals surface area (Å²) in [5, 5.41) is 0.435. The van der Waals surface area contributed by atoms with Crippen molar-refractivity contribution in [2.24, 2.45) is 0 Å². The summed E-state index contributed by atoms with van der Waals surface area (Å²) in [4.78, 5) is 34.1. The van der Waals surface area contributed by atoms with Gasteiger partial charge in [0.15, 0.2) is 18.2 Å². The molecule has 0 aliphatic rings. The third kappa shape index (κ3) is 4.46. The van der Waals surface area contributed by atoms with Crippen molar-refractivity contribution in [3.8, 4) is 23.1 Å². The van der Waals surface area contributed by atoms with Crippen LogP contribution in [0.15, 0.2) is 46.0 Å². The van der Waals surface area contributed by atoms with E-state index < -0.39 is 18.4 Å². The number of carbonyl (C=O) groups is 2. The van der Waals surface area contributed by atoms with Gasteiger partial charge in [0.25, 0.3) is 0 Å². The number of benzene rings is 1. The number of hydrogen-bond donors (Lipinski definition) is 0. The van der Waals surface area contributed by atoms with Gasteiger partial charge in [-0.3, -0.25) is 4.79 Å². The van der Waals surface area contributed by atoms with E-state index in [1.54, 1.807) is 37.4 Å². The second-order valence-corrected chi connectivity index (χ2v) is 6.85. The molecule has 9 heteroatoms. The SMILES string of the molecule is COc1ccc(OC)c(C(=O)COC(=O)c2c(C)nc(-c3ccco3)nc2SC)c1. The maximum atomic E-state index is 12.7. The highest BCUT2D eigenvalue weighted by molar-refractivity contribution is 7.98. The Bertz CT molecular complexity index is 1070. The molecule has 0 N–H and O–H groups in total. The fourth-order valence-electron chi connectivity index (χ4n) is 2.76. The Morgan fingerprint density at radius 1 is 1.13 bits per heavy atom. The topological polar surface area (TPSA) is 101 Å². The minimum absolute atomic E-state index is 0.211. The molecule has 0 saturated carbocycles. The summed E-state index contributed by atoms with van der Waals surface area (Å²) < 4.78 is 21.0. The third-order valence-corrected chi connectivity index (χ3v) is 4.92. The van der Waals surface area contributed by atoms with Crippen LogP contribution in [0.25, 0.3) is 11.6 Å². The predicted molar refractivity (Wildman–Crippen MR) is 110 cm³/mol. The van der Waals surface area contributed by atoms with E-state index in [1.165, 1.54) is 38.3 Å². The minimum Gasteiger partial charge on any atom is -0.497 e. The molecule has 0 amide bonds. The summed E-state index contributed by atoms with van der Waals surface area (Å²) in [6.45, 7) is 1.22. The fraction of sp³-hybridized carbons (Fsp3) is 0.238. The van der Waals surface area contributed by atoms with Crippen LogP contribution in [0.4, 0.5) is 0 Å². The smallest absolute Gasteiger partial charge is 0.343 e. The number of aryl methyl sites for hydroxylation is 1. The Morgan fingerprint density at radius 2 is 1.93 bits per heavy atom. The van der Waals surface area contributed by atoms with Crippen LogP contribution >= 0.6 is 11.8 Å². The lowest BCUT2D eigenvalue weighted by Gasteiger charge is -2.12. The fourth-order valence-corrected chi connectivity index (χ4v) is 3.37. The first-order chi connectivity index (χ1) is 14.5. The molecule has 3 rings (SSSR count). The van der Waals surface area contributed by atoms with Crippen molar-refractivity contribution in [1.29, 1.82) is 0 Å². The van der Waals surface area contributed by atoms with Gasteiger partial charge >= 0.3 is 5.97 Å². The molecule has 3 aromatic rings. The van der Waals surface area contributed by atoms with E-state index in [0.717, 1.165) is 0 Å². The number of hydrogen-bond acceptors (Lipinski definition) is 9. The number of ketones is 1. The average molecular weight is 428 g/mol. The van der Waals surface area contributed by atoms with Gasteiger partial charge in [-0.05, 0) is 43.5 Å². The van der Waals surface area contributed by atoms with E-state index in [2.05, 4.69) is 9.97 Å². The number of methoxy groups -OCH3 is 2. The molecule has 8 nitrogen and oxygen atoms in total. The molecular weight excluding hydrogens is 408 g/mol. The van der Waals surface area contributed by atoms with Crippen LogP contribution in [0, 0.1) is 6.92 Å². The predicted octanol–water partition coefficient (Wildman–Crippen LogP) is 3.82. The zero-order valence-electron chi connectivity index (χ0n) is 16.9. The first-order valence-electron chi connectivity index (χ1n) is 8.87. The maximum Gasteiger partial charge on any atom is 0.343 e. The number of nitrogens with zero attached hydrogens (tertiary/aromatic N) is 2. The standard InChI is InChI=1S/C21H20N2O6S/c1-12-18(20(30-4)23-19(22-12)17-6-5-9-28-17)21(25)29-11-15(24)14-10-13(26-2)7-8-16(14)27-3/h5-10H,11H2,1-4H3. The van der Waals surface area contributed by atoms with E-state index in [0.29, 0.717) is 33.8 Å². The molecule has 0 radical (unpaired) electrons.